The van der Waals surface area contributed by atoms with Gasteiger partial charge in [-0.2, -0.15) is 0 Å². The van der Waals surface area contributed by atoms with Crippen LogP contribution in [-0.2, 0) is 7.05 Å². The maximum atomic E-state index is 11.4. The number of hydrogen-bond donors (Lipinski definition) is 1. The Morgan fingerprint density at radius 3 is 2.69 bits per heavy atom. The van der Waals surface area contributed by atoms with Crippen molar-refractivity contribution in [1.29, 1.82) is 0 Å². The van der Waals surface area contributed by atoms with Gasteiger partial charge in [0.2, 0.25) is 0 Å². The van der Waals surface area contributed by atoms with Crippen LogP contribution in [0.25, 0.3) is 0 Å². The minimum Gasteiger partial charge on any atom is -0.299 e. The van der Waals surface area contributed by atoms with E-state index in [9.17, 15) is 9.59 Å². The molecule has 70 valence electrons. The highest BCUT2D eigenvalue weighted by atomic mass is 16.1. The maximum Gasteiger partial charge on any atom is 0.277 e. The molecule has 1 N–H and O–H groups in total. The van der Waals surface area contributed by atoms with Crippen molar-refractivity contribution in [2.24, 2.45) is 7.05 Å². The van der Waals surface area contributed by atoms with Crippen LogP contribution < -0.4 is 5.56 Å². The number of H-pyrrole nitrogens is 1. The van der Waals surface area contributed by atoms with Crippen molar-refractivity contribution in [2.75, 3.05) is 0 Å². The van der Waals surface area contributed by atoms with Crippen LogP contribution in [0.2, 0.25) is 0 Å². The van der Waals surface area contributed by atoms with Gasteiger partial charge in [0.05, 0.1) is 5.69 Å². The number of rotatable bonds is 2. The van der Waals surface area contributed by atoms with E-state index in [0.29, 0.717) is 17.8 Å². The minimum atomic E-state index is -0.211. The number of aryl methyl sites for hydroxylation is 1. The fourth-order valence-corrected chi connectivity index (χ4v) is 1.71. The fourth-order valence-electron chi connectivity index (χ4n) is 1.71. The molecule has 0 amide bonds. The first-order valence-corrected chi connectivity index (χ1v) is 4.48. The Balaban J connectivity index is 2.49. The molecule has 4 nitrogen and oxygen atoms in total. The standard InChI is InChI=1S/C9H12N2O2/c1-11-9(13)7(5-12)8(10-11)6-3-2-4-6/h5-6,10H,2-4H2,1H3. The largest absolute Gasteiger partial charge is 0.299 e. The molecule has 1 fully saturated rings. The number of hydrogen-bond acceptors (Lipinski definition) is 2. The molecule has 0 unspecified atom stereocenters. The van der Waals surface area contributed by atoms with Gasteiger partial charge in [-0.05, 0) is 12.8 Å². The summed E-state index contributed by atoms with van der Waals surface area (Å²) in [5, 5.41) is 2.94. The third-order valence-corrected chi connectivity index (χ3v) is 2.74. The molecule has 0 atom stereocenters. The Morgan fingerprint density at radius 2 is 2.23 bits per heavy atom. The predicted octanol–water partition coefficient (Wildman–Crippen LogP) is 0.793. The normalized spacial score (nSPS) is 17.0. The molecule has 13 heavy (non-hydrogen) atoms. The zero-order valence-electron chi connectivity index (χ0n) is 7.54. The third-order valence-electron chi connectivity index (χ3n) is 2.74. The molecule has 0 spiro atoms. The number of aldehydes is 1. The van der Waals surface area contributed by atoms with Crippen molar-refractivity contribution < 1.29 is 4.79 Å². The molecule has 0 aromatic carbocycles. The van der Waals surface area contributed by atoms with Crippen molar-refractivity contribution in [1.82, 2.24) is 9.78 Å². The number of carbonyl (C=O) groups is 1. The van der Waals surface area contributed by atoms with Crippen LogP contribution in [0.15, 0.2) is 4.79 Å². The van der Waals surface area contributed by atoms with Crippen molar-refractivity contribution >= 4 is 6.29 Å². The summed E-state index contributed by atoms with van der Waals surface area (Å²) in [7, 11) is 1.64. The lowest BCUT2D eigenvalue weighted by atomic mass is 9.82. The molecule has 1 saturated carbocycles. The molecule has 4 heteroatoms. The first-order chi connectivity index (χ1) is 6.24. The van der Waals surface area contributed by atoms with Crippen LogP contribution in [0.1, 0.15) is 41.2 Å². The van der Waals surface area contributed by atoms with Gasteiger partial charge in [-0.3, -0.25) is 19.4 Å². The summed E-state index contributed by atoms with van der Waals surface area (Å²) in [5.74, 6) is 0.397. The minimum absolute atomic E-state index is 0.211. The van der Waals surface area contributed by atoms with Crippen molar-refractivity contribution in [2.45, 2.75) is 25.2 Å². The molecule has 1 aliphatic carbocycles. The van der Waals surface area contributed by atoms with E-state index in [1.54, 1.807) is 7.05 Å². The zero-order valence-corrected chi connectivity index (χ0v) is 7.54. The van der Waals surface area contributed by atoms with Gasteiger partial charge >= 0.3 is 0 Å². The average Bonchev–Trinajstić information content (AvgIpc) is 2.25. The van der Waals surface area contributed by atoms with Gasteiger partial charge in [-0.15, -0.1) is 0 Å². The molecule has 1 aliphatic rings. The van der Waals surface area contributed by atoms with E-state index in [2.05, 4.69) is 5.10 Å². The highest BCUT2D eigenvalue weighted by molar-refractivity contribution is 5.76. The van der Waals surface area contributed by atoms with Gasteiger partial charge in [-0.25, -0.2) is 0 Å². The quantitative estimate of drug-likeness (QED) is 0.684. The Labute approximate surface area is 75.5 Å². The van der Waals surface area contributed by atoms with Crippen LogP contribution >= 0.6 is 0 Å². The average molecular weight is 180 g/mol. The van der Waals surface area contributed by atoms with E-state index in [1.807, 2.05) is 0 Å². The summed E-state index contributed by atoms with van der Waals surface area (Å²) in [6.45, 7) is 0. The second kappa shape index (κ2) is 2.87. The SMILES string of the molecule is Cn1[nH]c(C2CCC2)c(C=O)c1=O. The molecule has 0 bridgehead atoms. The number of aromatic nitrogens is 2. The van der Waals surface area contributed by atoms with Crippen molar-refractivity contribution in [3.8, 4) is 0 Å². The summed E-state index contributed by atoms with van der Waals surface area (Å²) in [4.78, 5) is 22.0. The zero-order chi connectivity index (χ0) is 9.42. The molecule has 1 aromatic rings. The van der Waals surface area contributed by atoms with Crippen LogP contribution in [0.5, 0.6) is 0 Å². The third kappa shape index (κ3) is 1.13. The van der Waals surface area contributed by atoms with Crippen molar-refractivity contribution in [3.63, 3.8) is 0 Å². The lowest BCUT2D eigenvalue weighted by Crippen LogP contribution is -2.15. The van der Waals surface area contributed by atoms with E-state index >= 15 is 0 Å². The molecule has 0 saturated heterocycles. The second-order valence-electron chi connectivity index (χ2n) is 3.55. The van der Waals surface area contributed by atoms with Gasteiger partial charge in [0.25, 0.3) is 5.56 Å². The highest BCUT2D eigenvalue weighted by Crippen LogP contribution is 2.35. The lowest BCUT2D eigenvalue weighted by Gasteiger charge is -2.24. The highest BCUT2D eigenvalue weighted by Gasteiger charge is 2.25. The molecule has 0 radical (unpaired) electrons. The van der Waals surface area contributed by atoms with Crippen molar-refractivity contribution in [3.05, 3.63) is 21.6 Å². The Hall–Kier alpha value is -1.32. The first-order valence-electron chi connectivity index (χ1n) is 4.48. The van der Waals surface area contributed by atoms with Gasteiger partial charge in [-0.1, -0.05) is 6.42 Å². The summed E-state index contributed by atoms with van der Waals surface area (Å²) in [6, 6.07) is 0. The monoisotopic (exact) mass is 180 g/mol. The molecule has 1 aromatic heterocycles. The Morgan fingerprint density at radius 1 is 1.54 bits per heavy atom. The van der Waals surface area contributed by atoms with E-state index in [1.165, 1.54) is 11.1 Å². The molecule has 1 heterocycles. The van der Waals surface area contributed by atoms with Crippen LogP contribution in [0, 0.1) is 0 Å². The molecular formula is C9H12N2O2. The first kappa shape index (κ1) is 8.29. The van der Waals surface area contributed by atoms with Crippen LogP contribution in [0.3, 0.4) is 0 Å². The number of nitrogens with zero attached hydrogens (tertiary/aromatic N) is 1. The number of aromatic amines is 1. The molecule has 0 aliphatic heterocycles. The van der Waals surface area contributed by atoms with E-state index in [4.69, 9.17) is 0 Å². The Bertz CT molecular complexity index is 385. The van der Waals surface area contributed by atoms with E-state index < -0.39 is 0 Å². The van der Waals surface area contributed by atoms with Crippen LogP contribution in [0.4, 0.5) is 0 Å². The van der Waals surface area contributed by atoms with Gasteiger partial charge in [0.15, 0.2) is 6.29 Å². The molecular weight excluding hydrogens is 168 g/mol. The summed E-state index contributed by atoms with van der Waals surface area (Å²) in [6.07, 6.45) is 4.02. The summed E-state index contributed by atoms with van der Waals surface area (Å²) in [5.41, 5.74) is 0.929. The number of nitrogens with one attached hydrogen (secondary N) is 1. The van der Waals surface area contributed by atoms with E-state index in [-0.39, 0.29) is 5.56 Å². The fraction of sp³-hybridized carbons (Fsp3) is 0.556. The predicted molar refractivity (Wildman–Crippen MR) is 48.0 cm³/mol. The smallest absolute Gasteiger partial charge is 0.277 e. The second-order valence-corrected chi connectivity index (χ2v) is 3.55. The maximum absolute atomic E-state index is 11.4. The molecule has 2 rings (SSSR count). The van der Waals surface area contributed by atoms with Gasteiger partial charge in [0, 0.05) is 13.0 Å². The van der Waals surface area contributed by atoms with E-state index in [0.717, 1.165) is 18.5 Å². The lowest BCUT2D eigenvalue weighted by molar-refractivity contribution is 0.112. The van der Waals surface area contributed by atoms with Gasteiger partial charge in [0.1, 0.15) is 5.56 Å². The topological polar surface area (TPSA) is 54.9 Å². The van der Waals surface area contributed by atoms with Crippen LogP contribution in [-0.4, -0.2) is 16.1 Å². The van der Waals surface area contributed by atoms with Gasteiger partial charge < -0.3 is 0 Å². The Kier molecular flexibility index (Phi) is 1.83. The summed E-state index contributed by atoms with van der Waals surface area (Å²) >= 11 is 0. The summed E-state index contributed by atoms with van der Waals surface area (Å²) < 4.78 is 1.37. The number of carbonyl (C=O) groups excluding carboxylic acids is 1.